The quantitative estimate of drug-likeness (QED) is 0.489. The number of benzene rings is 1. The van der Waals surface area contributed by atoms with Gasteiger partial charge in [-0.3, -0.25) is 9.69 Å². The molecule has 7 nitrogen and oxygen atoms in total. The largest absolute Gasteiger partial charge is 0.491 e. The van der Waals surface area contributed by atoms with E-state index in [1.807, 2.05) is 6.07 Å². The topological polar surface area (TPSA) is 57.5 Å². The number of urea groups is 1. The van der Waals surface area contributed by atoms with Gasteiger partial charge in [-0.15, -0.1) is 0 Å². The van der Waals surface area contributed by atoms with Crippen LogP contribution in [-0.4, -0.2) is 80.2 Å². The van der Waals surface area contributed by atoms with E-state index in [0.717, 1.165) is 83.7 Å². The second kappa shape index (κ2) is 9.69. The first-order valence-electron chi connectivity index (χ1n) is 11.6. The van der Waals surface area contributed by atoms with Crippen LogP contribution in [0.25, 0.3) is 0 Å². The Bertz CT molecular complexity index is 726. The van der Waals surface area contributed by atoms with E-state index in [4.69, 9.17) is 4.74 Å². The van der Waals surface area contributed by atoms with Crippen molar-refractivity contribution in [2.24, 2.45) is 0 Å². The molecular formula is C23H35N4O3+. The van der Waals surface area contributed by atoms with E-state index in [1.54, 1.807) is 9.80 Å². The molecule has 3 heterocycles. The number of hydrogen-bond acceptors (Lipinski definition) is 4. The molecule has 1 aromatic rings. The highest BCUT2D eigenvalue weighted by molar-refractivity contribution is 6.04. The fourth-order valence-electron chi connectivity index (χ4n) is 4.86. The maximum atomic E-state index is 12.4. The number of para-hydroxylation sites is 2. The molecule has 4 rings (SSSR count). The number of hydrogen-bond donors (Lipinski definition) is 1. The zero-order valence-corrected chi connectivity index (χ0v) is 18.1. The molecule has 0 saturated carbocycles. The van der Waals surface area contributed by atoms with Crippen LogP contribution in [0.5, 0.6) is 5.75 Å². The smallest absolute Gasteiger partial charge is 0.327 e. The van der Waals surface area contributed by atoms with E-state index in [2.05, 4.69) is 30.0 Å². The van der Waals surface area contributed by atoms with Crippen molar-refractivity contribution in [2.45, 2.75) is 45.1 Å². The van der Waals surface area contributed by atoms with Crippen LogP contribution < -0.4 is 14.5 Å². The van der Waals surface area contributed by atoms with Crippen molar-refractivity contribution in [3.63, 3.8) is 0 Å². The van der Waals surface area contributed by atoms with Gasteiger partial charge in [0, 0.05) is 19.5 Å². The lowest BCUT2D eigenvalue weighted by Gasteiger charge is -2.34. The lowest BCUT2D eigenvalue weighted by molar-refractivity contribution is -0.900. The van der Waals surface area contributed by atoms with Crippen LogP contribution in [0.3, 0.4) is 0 Å². The molecular weight excluding hydrogens is 380 g/mol. The number of carbonyl (C=O) groups excluding carboxylic acids is 2. The van der Waals surface area contributed by atoms with Crippen LogP contribution in [0.1, 0.15) is 39.0 Å². The highest BCUT2D eigenvalue weighted by atomic mass is 16.5. The molecule has 1 N–H and O–H groups in total. The number of nitrogens with one attached hydrogen (secondary N) is 1. The maximum Gasteiger partial charge on any atom is 0.327 e. The molecule has 3 saturated heterocycles. The molecule has 0 radical (unpaired) electrons. The van der Waals surface area contributed by atoms with Gasteiger partial charge in [0.15, 0.2) is 0 Å². The first-order chi connectivity index (χ1) is 14.7. The fraction of sp³-hybridized carbons (Fsp3) is 0.652. The van der Waals surface area contributed by atoms with Gasteiger partial charge in [0.05, 0.1) is 45.0 Å². The Morgan fingerprint density at radius 1 is 1.10 bits per heavy atom. The summed E-state index contributed by atoms with van der Waals surface area (Å²) in [5.41, 5.74) is 1.20. The Labute approximate surface area is 179 Å². The van der Waals surface area contributed by atoms with Gasteiger partial charge in [0.25, 0.3) is 5.91 Å². The van der Waals surface area contributed by atoms with Crippen molar-refractivity contribution < 1.29 is 19.2 Å². The van der Waals surface area contributed by atoms with Gasteiger partial charge >= 0.3 is 6.03 Å². The number of fused-ring (bicyclic) bond motifs is 1. The van der Waals surface area contributed by atoms with Crippen molar-refractivity contribution in [2.75, 3.05) is 57.3 Å². The second-order valence-corrected chi connectivity index (χ2v) is 8.63. The number of nitrogens with zero attached hydrogens (tertiary/aromatic N) is 3. The molecule has 7 heteroatoms. The van der Waals surface area contributed by atoms with Crippen LogP contribution >= 0.6 is 0 Å². The number of unbranched alkanes of at least 4 members (excludes halogenated alkanes) is 1. The maximum absolute atomic E-state index is 12.4. The molecule has 3 aliphatic heterocycles. The van der Waals surface area contributed by atoms with Gasteiger partial charge in [0.2, 0.25) is 0 Å². The molecule has 0 bridgehead atoms. The van der Waals surface area contributed by atoms with Gasteiger partial charge in [-0.25, -0.2) is 4.79 Å². The van der Waals surface area contributed by atoms with E-state index in [0.29, 0.717) is 6.54 Å². The van der Waals surface area contributed by atoms with Crippen molar-refractivity contribution in [1.82, 2.24) is 9.80 Å². The number of imide groups is 1. The van der Waals surface area contributed by atoms with Crippen molar-refractivity contribution in [1.29, 1.82) is 0 Å². The van der Waals surface area contributed by atoms with Crippen molar-refractivity contribution in [3.8, 4) is 5.75 Å². The number of rotatable bonds is 9. The highest BCUT2D eigenvalue weighted by Gasteiger charge is 2.46. The monoisotopic (exact) mass is 415 g/mol. The van der Waals surface area contributed by atoms with Crippen LogP contribution in [0.4, 0.5) is 10.5 Å². The van der Waals surface area contributed by atoms with E-state index >= 15 is 0 Å². The molecule has 164 valence electrons. The van der Waals surface area contributed by atoms with Crippen LogP contribution in [0.2, 0.25) is 0 Å². The SMILES string of the molecule is CCCCOc1ccccc1N1CC[NH+](CCCN2C(=O)[C@H]3CCCN3C2=O)CC1. The number of ether oxygens (including phenoxy) is 1. The predicted octanol–water partition coefficient (Wildman–Crippen LogP) is 1.39. The number of piperazine rings is 1. The summed E-state index contributed by atoms with van der Waals surface area (Å²) in [6.07, 6.45) is 4.88. The molecule has 1 atom stereocenters. The summed E-state index contributed by atoms with van der Waals surface area (Å²) in [5.74, 6) is 1.01. The minimum Gasteiger partial charge on any atom is -0.491 e. The molecule has 3 amide bonds. The van der Waals surface area contributed by atoms with Gasteiger partial charge in [-0.05, 0) is 31.4 Å². The summed E-state index contributed by atoms with van der Waals surface area (Å²) in [6, 6.07) is 8.10. The van der Waals surface area contributed by atoms with Gasteiger partial charge in [0.1, 0.15) is 11.8 Å². The summed E-state index contributed by atoms with van der Waals surface area (Å²) in [7, 11) is 0. The Morgan fingerprint density at radius 2 is 1.90 bits per heavy atom. The third-order valence-electron chi connectivity index (χ3n) is 6.62. The molecule has 3 aliphatic rings. The van der Waals surface area contributed by atoms with Gasteiger partial charge < -0.3 is 19.4 Å². The number of amides is 3. The average Bonchev–Trinajstić information content (AvgIpc) is 3.34. The first kappa shape index (κ1) is 21.0. The zero-order valence-electron chi connectivity index (χ0n) is 18.1. The lowest BCUT2D eigenvalue weighted by Crippen LogP contribution is -3.15. The van der Waals surface area contributed by atoms with Crippen LogP contribution in [-0.2, 0) is 4.79 Å². The van der Waals surface area contributed by atoms with Gasteiger partial charge in [-0.1, -0.05) is 25.5 Å². The molecule has 0 aromatic heterocycles. The summed E-state index contributed by atoms with van der Waals surface area (Å²) >= 11 is 0. The van der Waals surface area contributed by atoms with E-state index in [1.165, 1.54) is 10.6 Å². The summed E-state index contributed by atoms with van der Waals surface area (Å²) in [5, 5.41) is 0. The van der Waals surface area contributed by atoms with Crippen LogP contribution in [0.15, 0.2) is 24.3 Å². The standard InChI is InChI=1S/C23H34N4O3/c1-2-3-18-30-21-10-5-4-8-19(21)25-16-14-24(15-17-25)11-7-13-27-22(28)20-9-6-12-26(20)23(27)29/h4-5,8,10,20H,2-3,6-7,9,11-18H2,1H3/p+1/t20-/m1/s1. The van der Waals surface area contributed by atoms with E-state index < -0.39 is 0 Å². The zero-order chi connectivity index (χ0) is 20.9. The molecule has 0 unspecified atom stereocenters. The Kier molecular flexibility index (Phi) is 6.77. The summed E-state index contributed by atoms with van der Waals surface area (Å²) < 4.78 is 6.01. The lowest BCUT2D eigenvalue weighted by atomic mass is 10.2. The Balaban J connectivity index is 1.22. The van der Waals surface area contributed by atoms with Crippen molar-refractivity contribution >= 4 is 17.6 Å². The van der Waals surface area contributed by atoms with Crippen LogP contribution in [0, 0.1) is 0 Å². The minimum absolute atomic E-state index is 0.0250. The van der Waals surface area contributed by atoms with Gasteiger partial charge in [-0.2, -0.15) is 0 Å². The highest BCUT2D eigenvalue weighted by Crippen LogP contribution is 2.28. The summed E-state index contributed by atoms with van der Waals surface area (Å²) in [6.45, 7) is 9.39. The van der Waals surface area contributed by atoms with E-state index in [-0.39, 0.29) is 18.0 Å². The Morgan fingerprint density at radius 3 is 2.67 bits per heavy atom. The number of quaternary nitrogens is 1. The molecule has 3 fully saturated rings. The molecule has 0 aliphatic carbocycles. The van der Waals surface area contributed by atoms with Crippen molar-refractivity contribution in [3.05, 3.63) is 24.3 Å². The Hall–Kier alpha value is -2.28. The fourth-order valence-corrected chi connectivity index (χ4v) is 4.86. The normalized spacial score (nSPS) is 22.2. The first-order valence-corrected chi connectivity index (χ1v) is 11.6. The second-order valence-electron chi connectivity index (χ2n) is 8.63. The summed E-state index contributed by atoms with van der Waals surface area (Å²) in [4.78, 5) is 32.1. The third-order valence-corrected chi connectivity index (χ3v) is 6.62. The minimum atomic E-state index is -0.173. The predicted molar refractivity (Wildman–Crippen MR) is 116 cm³/mol. The number of carbonyl (C=O) groups is 2. The average molecular weight is 416 g/mol. The molecule has 1 aromatic carbocycles. The number of anilines is 1. The van der Waals surface area contributed by atoms with E-state index in [9.17, 15) is 9.59 Å². The molecule has 30 heavy (non-hydrogen) atoms. The molecule has 0 spiro atoms. The third kappa shape index (κ3) is 4.41.